The van der Waals surface area contributed by atoms with E-state index in [1.807, 2.05) is 72.8 Å². The Hall–Kier alpha value is -2.70. The van der Waals surface area contributed by atoms with E-state index in [2.05, 4.69) is 47.4 Å². The maximum atomic E-state index is 12.9. The maximum absolute atomic E-state index is 12.9. The molecule has 6 heteroatoms. The fourth-order valence-corrected chi connectivity index (χ4v) is 3.63. The normalized spacial score (nSPS) is 11.2. The van der Waals surface area contributed by atoms with Gasteiger partial charge in [0, 0.05) is 25.4 Å². The van der Waals surface area contributed by atoms with Crippen LogP contribution in [0.15, 0.2) is 86.8 Å². The lowest BCUT2D eigenvalue weighted by Crippen LogP contribution is -2.18. The molecule has 0 spiro atoms. The van der Waals surface area contributed by atoms with E-state index in [0.29, 0.717) is 5.69 Å². The molecule has 0 aliphatic rings. The Bertz CT molecular complexity index is 1170. The standard InChI is InChI=1S/C22H15Br2N3O/c23-16-8-6-14(7-9-16)13-25-27-22(28)21-20(15-4-2-1-3-5-15)18-12-17(24)10-11-19(18)26-21/h1-13,26H,(H,27,28). The number of nitrogens with zero attached hydrogens (tertiary/aromatic N) is 1. The molecule has 4 rings (SSSR count). The Balaban J connectivity index is 1.69. The lowest BCUT2D eigenvalue weighted by atomic mass is 10.0. The number of amides is 1. The van der Waals surface area contributed by atoms with Crippen molar-refractivity contribution in [3.63, 3.8) is 0 Å². The van der Waals surface area contributed by atoms with Gasteiger partial charge in [-0.05, 0) is 41.5 Å². The van der Waals surface area contributed by atoms with Crippen molar-refractivity contribution in [3.8, 4) is 11.1 Å². The number of rotatable bonds is 4. The molecule has 0 saturated carbocycles. The summed E-state index contributed by atoms with van der Waals surface area (Å²) in [5, 5.41) is 5.08. The molecule has 0 saturated heterocycles. The molecule has 138 valence electrons. The molecule has 0 bridgehead atoms. The summed E-state index contributed by atoms with van der Waals surface area (Å²) in [4.78, 5) is 16.1. The highest BCUT2D eigenvalue weighted by atomic mass is 79.9. The third kappa shape index (κ3) is 3.93. The first-order valence-corrected chi connectivity index (χ1v) is 10.2. The van der Waals surface area contributed by atoms with Crippen LogP contribution in [0.2, 0.25) is 0 Å². The third-order valence-corrected chi connectivity index (χ3v) is 5.32. The van der Waals surface area contributed by atoms with Crippen molar-refractivity contribution in [2.45, 2.75) is 0 Å². The van der Waals surface area contributed by atoms with E-state index in [-0.39, 0.29) is 5.91 Å². The molecule has 0 aliphatic heterocycles. The summed E-state index contributed by atoms with van der Waals surface area (Å²) >= 11 is 6.91. The number of aromatic amines is 1. The molecule has 0 aliphatic carbocycles. The second-order valence-electron chi connectivity index (χ2n) is 6.18. The topological polar surface area (TPSA) is 57.2 Å². The molecule has 0 radical (unpaired) electrons. The number of hydrogen-bond acceptors (Lipinski definition) is 2. The second-order valence-corrected chi connectivity index (χ2v) is 8.01. The van der Waals surface area contributed by atoms with Gasteiger partial charge in [0.15, 0.2) is 0 Å². The first kappa shape index (κ1) is 18.7. The van der Waals surface area contributed by atoms with Crippen molar-refractivity contribution < 1.29 is 4.79 Å². The Kier molecular flexibility index (Phi) is 5.41. The van der Waals surface area contributed by atoms with Gasteiger partial charge < -0.3 is 4.98 Å². The smallest absolute Gasteiger partial charge is 0.288 e. The summed E-state index contributed by atoms with van der Waals surface area (Å²) in [5.74, 6) is -0.292. The molecule has 28 heavy (non-hydrogen) atoms. The molecule has 4 aromatic rings. The molecule has 0 unspecified atom stereocenters. The monoisotopic (exact) mass is 495 g/mol. The zero-order chi connectivity index (χ0) is 19.5. The molecule has 1 aromatic heterocycles. The number of hydrazone groups is 1. The average Bonchev–Trinajstić information content (AvgIpc) is 3.09. The summed E-state index contributed by atoms with van der Waals surface area (Å²) < 4.78 is 1.95. The highest BCUT2D eigenvalue weighted by molar-refractivity contribution is 9.10. The molecular formula is C22H15Br2N3O. The van der Waals surface area contributed by atoms with Crippen molar-refractivity contribution in [1.82, 2.24) is 10.4 Å². The summed E-state index contributed by atoms with van der Waals surface area (Å²) in [6.07, 6.45) is 1.62. The molecule has 3 aromatic carbocycles. The number of fused-ring (bicyclic) bond motifs is 1. The van der Waals surface area contributed by atoms with Crippen LogP contribution in [-0.4, -0.2) is 17.1 Å². The predicted molar refractivity (Wildman–Crippen MR) is 121 cm³/mol. The second kappa shape index (κ2) is 8.12. The quantitative estimate of drug-likeness (QED) is 0.259. The molecule has 2 N–H and O–H groups in total. The minimum Gasteiger partial charge on any atom is -0.350 e. The Morgan fingerprint density at radius 1 is 0.929 bits per heavy atom. The molecule has 0 atom stereocenters. The van der Waals surface area contributed by atoms with Gasteiger partial charge >= 0.3 is 0 Å². The summed E-state index contributed by atoms with van der Waals surface area (Å²) in [5.41, 5.74) is 6.71. The number of benzene rings is 3. The van der Waals surface area contributed by atoms with Crippen LogP contribution in [0, 0.1) is 0 Å². The zero-order valence-electron chi connectivity index (χ0n) is 14.6. The molecular weight excluding hydrogens is 482 g/mol. The van der Waals surface area contributed by atoms with Crippen LogP contribution in [0.25, 0.3) is 22.0 Å². The minimum absolute atomic E-state index is 0.292. The van der Waals surface area contributed by atoms with Crippen LogP contribution in [0.1, 0.15) is 16.1 Å². The minimum atomic E-state index is -0.292. The number of halogens is 2. The van der Waals surface area contributed by atoms with E-state index in [0.717, 1.165) is 36.5 Å². The largest absolute Gasteiger partial charge is 0.350 e. The van der Waals surface area contributed by atoms with Gasteiger partial charge in [0.05, 0.1) is 6.21 Å². The van der Waals surface area contributed by atoms with Crippen molar-refractivity contribution in [2.75, 3.05) is 0 Å². The average molecular weight is 497 g/mol. The lowest BCUT2D eigenvalue weighted by molar-refractivity contribution is 0.0951. The van der Waals surface area contributed by atoms with Gasteiger partial charge in [-0.15, -0.1) is 0 Å². The van der Waals surface area contributed by atoms with Gasteiger partial charge in [-0.1, -0.05) is 74.3 Å². The molecule has 0 fully saturated rings. The van der Waals surface area contributed by atoms with Crippen LogP contribution < -0.4 is 5.43 Å². The summed E-state index contributed by atoms with van der Waals surface area (Å²) in [6.45, 7) is 0. The number of aromatic nitrogens is 1. The number of carbonyl (C=O) groups excluding carboxylic acids is 1. The maximum Gasteiger partial charge on any atom is 0.288 e. The van der Waals surface area contributed by atoms with Crippen LogP contribution in [0.4, 0.5) is 0 Å². The van der Waals surface area contributed by atoms with Crippen LogP contribution in [0.5, 0.6) is 0 Å². The van der Waals surface area contributed by atoms with Crippen molar-refractivity contribution >= 4 is 54.9 Å². The van der Waals surface area contributed by atoms with Gasteiger partial charge in [0.1, 0.15) is 5.69 Å². The van der Waals surface area contributed by atoms with Crippen LogP contribution in [-0.2, 0) is 0 Å². The van der Waals surface area contributed by atoms with Gasteiger partial charge in [-0.3, -0.25) is 4.79 Å². The molecule has 4 nitrogen and oxygen atoms in total. The van der Waals surface area contributed by atoms with E-state index in [1.165, 1.54) is 0 Å². The van der Waals surface area contributed by atoms with Gasteiger partial charge in [-0.25, -0.2) is 5.43 Å². The number of H-pyrrole nitrogens is 1. The Morgan fingerprint density at radius 3 is 2.39 bits per heavy atom. The highest BCUT2D eigenvalue weighted by Crippen LogP contribution is 2.34. The fraction of sp³-hybridized carbons (Fsp3) is 0. The van der Waals surface area contributed by atoms with E-state index in [4.69, 9.17) is 0 Å². The lowest BCUT2D eigenvalue weighted by Gasteiger charge is -2.04. The van der Waals surface area contributed by atoms with Gasteiger partial charge in [-0.2, -0.15) is 5.10 Å². The van der Waals surface area contributed by atoms with Gasteiger partial charge in [0.2, 0.25) is 0 Å². The number of nitrogens with one attached hydrogen (secondary N) is 2. The van der Waals surface area contributed by atoms with Crippen LogP contribution in [0.3, 0.4) is 0 Å². The van der Waals surface area contributed by atoms with E-state index >= 15 is 0 Å². The van der Waals surface area contributed by atoms with Crippen molar-refractivity contribution in [1.29, 1.82) is 0 Å². The first-order chi connectivity index (χ1) is 13.6. The number of hydrogen-bond donors (Lipinski definition) is 2. The predicted octanol–water partition coefficient (Wildman–Crippen LogP) is 6.12. The summed E-state index contributed by atoms with van der Waals surface area (Å²) in [6, 6.07) is 23.4. The zero-order valence-corrected chi connectivity index (χ0v) is 17.8. The SMILES string of the molecule is O=C(NN=Cc1ccc(Br)cc1)c1[nH]c2ccc(Br)cc2c1-c1ccccc1. The first-order valence-electron chi connectivity index (χ1n) is 8.57. The van der Waals surface area contributed by atoms with E-state index < -0.39 is 0 Å². The van der Waals surface area contributed by atoms with E-state index in [9.17, 15) is 4.79 Å². The third-order valence-electron chi connectivity index (χ3n) is 4.30. The highest BCUT2D eigenvalue weighted by Gasteiger charge is 2.19. The van der Waals surface area contributed by atoms with Gasteiger partial charge in [0.25, 0.3) is 5.91 Å². The Labute approximate surface area is 178 Å². The summed E-state index contributed by atoms with van der Waals surface area (Å²) in [7, 11) is 0. The molecule has 1 heterocycles. The van der Waals surface area contributed by atoms with E-state index in [1.54, 1.807) is 6.21 Å². The van der Waals surface area contributed by atoms with Crippen LogP contribution >= 0.6 is 31.9 Å². The Morgan fingerprint density at radius 2 is 1.64 bits per heavy atom. The number of carbonyl (C=O) groups is 1. The molecule has 1 amide bonds. The fourth-order valence-electron chi connectivity index (χ4n) is 3.01. The van der Waals surface area contributed by atoms with Crippen molar-refractivity contribution in [2.24, 2.45) is 5.10 Å². The van der Waals surface area contributed by atoms with Crippen molar-refractivity contribution in [3.05, 3.63) is 93.0 Å².